The van der Waals surface area contributed by atoms with E-state index in [4.69, 9.17) is 0 Å². The van der Waals surface area contributed by atoms with Gasteiger partial charge in [0, 0.05) is 24.4 Å². The van der Waals surface area contributed by atoms with Crippen LogP contribution in [0.4, 0.5) is 0 Å². The first-order valence-corrected chi connectivity index (χ1v) is 6.11. The Hall–Kier alpha value is -1.62. The molecule has 1 aliphatic rings. The van der Waals surface area contributed by atoms with Crippen LogP contribution in [0.2, 0.25) is 0 Å². The molecule has 3 rings (SSSR count). The van der Waals surface area contributed by atoms with Gasteiger partial charge in [-0.3, -0.25) is 4.79 Å². The Morgan fingerprint density at radius 2 is 2.56 bits per heavy atom. The molecule has 0 aliphatic heterocycles. The van der Waals surface area contributed by atoms with Gasteiger partial charge in [0.05, 0.1) is 0 Å². The van der Waals surface area contributed by atoms with E-state index in [1.54, 1.807) is 23.7 Å². The number of nitrogens with one attached hydrogen (secondary N) is 2. The normalized spacial score (nSPS) is 23.0. The predicted molar refractivity (Wildman–Crippen MR) is 61.5 cm³/mol. The zero-order valence-corrected chi connectivity index (χ0v) is 9.33. The van der Waals surface area contributed by atoms with E-state index in [1.807, 2.05) is 0 Å². The van der Waals surface area contributed by atoms with Crippen LogP contribution in [0.15, 0.2) is 29.2 Å². The average Bonchev–Trinajstić information content (AvgIpc) is 2.84. The molecule has 0 aromatic carbocycles. The lowest BCUT2D eigenvalue weighted by molar-refractivity contribution is 0.0941. The number of carbonyl (C=O) groups is 1. The zero-order chi connectivity index (χ0) is 11.0. The predicted octanol–water partition coefficient (Wildman–Crippen LogP) is 1.76. The van der Waals surface area contributed by atoms with Crippen molar-refractivity contribution in [3.63, 3.8) is 0 Å². The van der Waals surface area contributed by atoms with Crippen LogP contribution in [-0.2, 0) is 0 Å². The van der Waals surface area contributed by atoms with E-state index in [9.17, 15) is 4.79 Å². The van der Waals surface area contributed by atoms with Gasteiger partial charge in [-0.1, -0.05) is 0 Å². The maximum Gasteiger partial charge on any atom is 0.287 e. The molecule has 0 saturated heterocycles. The Labute approximate surface area is 96.7 Å². The standard InChI is InChI=1S/C11H11N3OS/c15-11(10-12-2-3-13-10)14-9-5-8(9)7-1-4-16-6-7/h1-4,6,8-9H,5H2,(H,12,13)(H,14,15)/t8-,9+/m0/s1. The van der Waals surface area contributed by atoms with Crippen LogP contribution in [0, 0.1) is 0 Å². The van der Waals surface area contributed by atoms with Gasteiger partial charge in [-0.25, -0.2) is 4.98 Å². The number of H-pyrrole nitrogens is 1. The van der Waals surface area contributed by atoms with Gasteiger partial charge in [0.25, 0.3) is 5.91 Å². The van der Waals surface area contributed by atoms with Crippen molar-refractivity contribution in [1.29, 1.82) is 0 Å². The van der Waals surface area contributed by atoms with Crippen molar-refractivity contribution in [2.45, 2.75) is 18.4 Å². The number of amides is 1. The number of carbonyl (C=O) groups excluding carboxylic acids is 1. The summed E-state index contributed by atoms with van der Waals surface area (Å²) in [7, 11) is 0. The molecule has 2 aromatic heterocycles. The summed E-state index contributed by atoms with van der Waals surface area (Å²) in [6, 6.07) is 2.39. The maximum absolute atomic E-state index is 11.7. The third-order valence-corrected chi connectivity index (χ3v) is 3.49. The highest BCUT2D eigenvalue weighted by molar-refractivity contribution is 7.08. The third kappa shape index (κ3) is 1.74. The van der Waals surface area contributed by atoms with Crippen LogP contribution in [0.1, 0.15) is 28.5 Å². The lowest BCUT2D eigenvalue weighted by atomic mass is 10.2. The summed E-state index contributed by atoms with van der Waals surface area (Å²) in [6.07, 6.45) is 4.26. The lowest BCUT2D eigenvalue weighted by Gasteiger charge is -2.00. The van der Waals surface area contributed by atoms with Crippen molar-refractivity contribution < 1.29 is 4.79 Å². The van der Waals surface area contributed by atoms with E-state index in [-0.39, 0.29) is 11.9 Å². The highest BCUT2D eigenvalue weighted by atomic mass is 32.1. The van der Waals surface area contributed by atoms with Crippen LogP contribution in [0.25, 0.3) is 0 Å². The van der Waals surface area contributed by atoms with Gasteiger partial charge in [0.1, 0.15) is 0 Å². The summed E-state index contributed by atoms with van der Waals surface area (Å²) >= 11 is 1.70. The van der Waals surface area contributed by atoms with Gasteiger partial charge in [-0.15, -0.1) is 0 Å². The molecule has 16 heavy (non-hydrogen) atoms. The number of thiophene rings is 1. The SMILES string of the molecule is O=C(N[C@@H]1C[C@H]1c1ccsc1)c1ncc[nH]1. The van der Waals surface area contributed by atoms with Crippen molar-refractivity contribution in [2.24, 2.45) is 0 Å². The highest BCUT2D eigenvalue weighted by Gasteiger charge is 2.40. The molecular formula is C11H11N3OS. The summed E-state index contributed by atoms with van der Waals surface area (Å²) < 4.78 is 0. The van der Waals surface area contributed by atoms with Crippen LogP contribution in [0.3, 0.4) is 0 Å². The number of rotatable bonds is 3. The van der Waals surface area contributed by atoms with Crippen LogP contribution < -0.4 is 5.32 Å². The average molecular weight is 233 g/mol. The minimum Gasteiger partial charge on any atom is -0.346 e. The minimum atomic E-state index is -0.118. The van der Waals surface area contributed by atoms with Gasteiger partial charge in [0.15, 0.2) is 5.82 Å². The molecule has 1 fully saturated rings. The van der Waals surface area contributed by atoms with Crippen molar-refractivity contribution in [3.8, 4) is 0 Å². The number of aromatic nitrogens is 2. The Kier molecular flexibility index (Phi) is 2.25. The fraction of sp³-hybridized carbons (Fsp3) is 0.273. The first-order chi connectivity index (χ1) is 7.84. The molecule has 2 heterocycles. The summed E-state index contributed by atoms with van der Waals surface area (Å²) in [5, 5.41) is 7.18. The van der Waals surface area contributed by atoms with Crippen molar-refractivity contribution in [3.05, 3.63) is 40.6 Å². The van der Waals surface area contributed by atoms with Gasteiger partial charge >= 0.3 is 0 Å². The smallest absolute Gasteiger partial charge is 0.287 e. The minimum absolute atomic E-state index is 0.118. The fourth-order valence-electron chi connectivity index (χ4n) is 1.84. The number of hydrogen-bond acceptors (Lipinski definition) is 3. The highest BCUT2D eigenvalue weighted by Crippen LogP contribution is 2.41. The number of nitrogens with zero attached hydrogens (tertiary/aromatic N) is 1. The monoisotopic (exact) mass is 233 g/mol. The fourth-order valence-corrected chi connectivity index (χ4v) is 2.56. The van der Waals surface area contributed by atoms with E-state index < -0.39 is 0 Å². The summed E-state index contributed by atoms with van der Waals surface area (Å²) in [5.74, 6) is 0.758. The molecule has 2 atom stereocenters. The molecule has 2 aromatic rings. The van der Waals surface area contributed by atoms with E-state index in [2.05, 4.69) is 32.1 Å². The molecule has 82 valence electrons. The van der Waals surface area contributed by atoms with E-state index >= 15 is 0 Å². The Balaban J connectivity index is 1.61. The van der Waals surface area contributed by atoms with E-state index in [1.165, 1.54) is 5.56 Å². The Morgan fingerprint density at radius 3 is 3.25 bits per heavy atom. The van der Waals surface area contributed by atoms with Crippen molar-refractivity contribution >= 4 is 17.2 Å². The quantitative estimate of drug-likeness (QED) is 0.848. The molecule has 1 aliphatic carbocycles. The first kappa shape index (κ1) is 9.59. The molecule has 0 spiro atoms. The molecule has 1 saturated carbocycles. The van der Waals surface area contributed by atoms with Gasteiger partial charge in [0.2, 0.25) is 0 Å². The zero-order valence-electron chi connectivity index (χ0n) is 8.51. The van der Waals surface area contributed by atoms with Gasteiger partial charge < -0.3 is 10.3 Å². The Bertz CT molecular complexity index is 477. The van der Waals surface area contributed by atoms with Crippen LogP contribution in [0.5, 0.6) is 0 Å². The molecule has 0 unspecified atom stereocenters. The van der Waals surface area contributed by atoms with Crippen molar-refractivity contribution in [2.75, 3.05) is 0 Å². The lowest BCUT2D eigenvalue weighted by Crippen LogP contribution is -2.27. The molecular weight excluding hydrogens is 222 g/mol. The second-order valence-corrected chi connectivity index (χ2v) is 4.70. The molecule has 0 bridgehead atoms. The number of hydrogen-bond donors (Lipinski definition) is 2. The summed E-state index contributed by atoms with van der Waals surface area (Å²) in [5.41, 5.74) is 1.33. The molecule has 4 nitrogen and oxygen atoms in total. The molecule has 2 N–H and O–H groups in total. The second-order valence-electron chi connectivity index (χ2n) is 3.92. The maximum atomic E-state index is 11.7. The van der Waals surface area contributed by atoms with Gasteiger partial charge in [-0.2, -0.15) is 11.3 Å². The summed E-state index contributed by atoms with van der Waals surface area (Å²) in [6.45, 7) is 0. The molecule has 5 heteroatoms. The van der Waals surface area contributed by atoms with Crippen LogP contribution >= 0.6 is 11.3 Å². The number of imidazole rings is 1. The van der Waals surface area contributed by atoms with Crippen LogP contribution in [-0.4, -0.2) is 21.9 Å². The first-order valence-electron chi connectivity index (χ1n) is 5.17. The largest absolute Gasteiger partial charge is 0.346 e. The van der Waals surface area contributed by atoms with E-state index in [0.29, 0.717) is 11.7 Å². The molecule has 1 amide bonds. The number of aromatic amines is 1. The topological polar surface area (TPSA) is 57.8 Å². The molecule has 0 radical (unpaired) electrons. The van der Waals surface area contributed by atoms with Crippen molar-refractivity contribution in [1.82, 2.24) is 15.3 Å². The van der Waals surface area contributed by atoms with Gasteiger partial charge in [-0.05, 0) is 28.8 Å². The van der Waals surface area contributed by atoms with E-state index in [0.717, 1.165) is 6.42 Å². The third-order valence-electron chi connectivity index (χ3n) is 2.79. The second kappa shape index (κ2) is 3.75. The summed E-state index contributed by atoms with van der Waals surface area (Å²) in [4.78, 5) is 18.4. The Morgan fingerprint density at radius 1 is 1.62 bits per heavy atom.